The standard InChI is InChI=1S/C23H26FN5O3S2/c1-23(2,3)32-22(30)29-13-11-28(12-14-29)21-27-18(15-7-5-6-8-16(15)24)19(33-21)17-9-10-25-20(26-17)34(4)31/h5-10H,11-14H2,1-4H3. The van der Waals surface area contributed by atoms with Crippen molar-refractivity contribution in [2.75, 3.05) is 37.3 Å². The van der Waals surface area contributed by atoms with E-state index < -0.39 is 16.8 Å². The fraction of sp³-hybridized carbons (Fsp3) is 0.391. The zero-order chi connectivity index (χ0) is 24.5. The highest BCUT2D eigenvalue weighted by molar-refractivity contribution is 7.90. The van der Waals surface area contributed by atoms with Crippen molar-refractivity contribution in [1.29, 1.82) is 0 Å². The number of halogens is 1. The van der Waals surface area contributed by atoms with E-state index in [9.17, 15) is 13.7 Å². The summed E-state index contributed by atoms with van der Waals surface area (Å²) in [6.07, 6.45) is 2.72. The molecule has 3 aromatic rings. The van der Waals surface area contributed by atoms with Crippen molar-refractivity contribution in [2.24, 2.45) is 0 Å². The predicted molar refractivity (Wildman–Crippen MR) is 131 cm³/mol. The monoisotopic (exact) mass is 503 g/mol. The number of nitrogens with zero attached hydrogens (tertiary/aromatic N) is 5. The Balaban J connectivity index is 1.64. The topological polar surface area (TPSA) is 94.5 Å². The SMILES string of the molecule is C[S+]([O-])c1nccc(-c2sc(N3CCN(C(=O)OC(C)(C)C)CC3)nc2-c2ccccc2F)n1. The van der Waals surface area contributed by atoms with E-state index in [1.54, 1.807) is 35.4 Å². The van der Waals surface area contributed by atoms with E-state index in [1.807, 2.05) is 20.8 Å². The summed E-state index contributed by atoms with van der Waals surface area (Å²) in [6, 6.07) is 8.17. The van der Waals surface area contributed by atoms with Crippen molar-refractivity contribution in [3.63, 3.8) is 0 Å². The van der Waals surface area contributed by atoms with E-state index in [1.165, 1.54) is 23.7 Å². The van der Waals surface area contributed by atoms with Gasteiger partial charge in [0.25, 0.3) is 0 Å². The summed E-state index contributed by atoms with van der Waals surface area (Å²) in [4.78, 5) is 30.1. The highest BCUT2D eigenvalue weighted by Gasteiger charge is 2.28. The van der Waals surface area contributed by atoms with Crippen LogP contribution in [0.4, 0.5) is 14.3 Å². The number of amides is 1. The van der Waals surface area contributed by atoms with Crippen molar-refractivity contribution in [3.05, 3.63) is 42.3 Å². The minimum absolute atomic E-state index is 0.206. The molecule has 11 heteroatoms. The third-order valence-corrected chi connectivity index (χ3v) is 6.92. The van der Waals surface area contributed by atoms with Gasteiger partial charge in [0.05, 0.1) is 16.3 Å². The first kappa shape index (κ1) is 24.4. The smallest absolute Gasteiger partial charge is 0.410 e. The fourth-order valence-electron chi connectivity index (χ4n) is 3.47. The minimum atomic E-state index is -1.35. The second-order valence-corrected chi connectivity index (χ2v) is 11.0. The van der Waals surface area contributed by atoms with Crippen LogP contribution in [0.2, 0.25) is 0 Å². The van der Waals surface area contributed by atoms with Crippen LogP contribution in [-0.4, -0.2) is 68.5 Å². The molecule has 1 saturated heterocycles. The number of rotatable bonds is 4. The summed E-state index contributed by atoms with van der Waals surface area (Å²) in [5.74, 6) is -0.385. The van der Waals surface area contributed by atoms with Gasteiger partial charge >= 0.3 is 11.2 Å². The van der Waals surface area contributed by atoms with Crippen LogP contribution in [0.15, 0.2) is 41.7 Å². The van der Waals surface area contributed by atoms with Gasteiger partial charge in [-0.1, -0.05) is 23.5 Å². The average molecular weight is 504 g/mol. The highest BCUT2D eigenvalue weighted by Crippen LogP contribution is 2.40. The number of thiazole rings is 1. The highest BCUT2D eigenvalue weighted by atomic mass is 32.2. The molecule has 0 N–H and O–H groups in total. The molecule has 1 atom stereocenters. The number of piperazine rings is 1. The average Bonchev–Trinajstić information content (AvgIpc) is 3.24. The first-order valence-electron chi connectivity index (χ1n) is 10.8. The molecule has 34 heavy (non-hydrogen) atoms. The van der Waals surface area contributed by atoms with Crippen LogP contribution < -0.4 is 4.90 Å². The molecular formula is C23H26FN5O3S2. The molecular weight excluding hydrogens is 477 g/mol. The predicted octanol–water partition coefficient (Wildman–Crippen LogP) is 4.20. The molecule has 180 valence electrons. The van der Waals surface area contributed by atoms with Gasteiger partial charge in [-0.15, -0.1) is 0 Å². The lowest BCUT2D eigenvalue weighted by molar-refractivity contribution is 0.0240. The van der Waals surface area contributed by atoms with Crippen molar-refractivity contribution in [3.8, 4) is 21.8 Å². The zero-order valence-electron chi connectivity index (χ0n) is 19.4. The molecule has 1 unspecified atom stereocenters. The van der Waals surface area contributed by atoms with Gasteiger partial charge in [-0.05, 0) is 39.0 Å². The van der Waals surface area contributed by atoms with E-state index in [0.717, 1.165) is 0 Å². The maximum atomic E-state index is 14.7. The van der Waals surface area contributed by atoms with Crippen LogP contribution in [0.5, 0.6) is 0 Å². The van der Waals surface area contributed by atoms with Gasteiger partial charge in [-0.25, -0.2) is 14.2 Å². The van der Waals surface area contributed by atoms with Crippen LogP contribution >= 0.6 is 11.3 Å². The van der Waals surface area contributed by atoms with Crippen molar-refractivity contribution < 1.29 is 18.5 Å². The van der Waals surface area contributed by atoms with Crippen LogP contribution in [0.1, 0.15) is 20.8 Å². The molecule has 1 aliphatic heterocycles. The molecule has 4 rings (SSSR count). The number of aromatic nitrogens is 3. The molecule has 0 radical (unpaired) electrons. The number of hydrogen-bond donors (Lipinski definition) is 0. The Labute approximate surface area is 205 Å². The van der Waals surface area contributed by atoms with E-state index in [4.69, 9.17) is 9.72 Å². The third kappa shape index (κ3) is 5.48. The Kier molecular flexibility index (Phi) is 7.06. The van der Waals surface area contributed by atoms with Crippen LogP contribution in [0.25, 0.3) is 21.8 Å². The van der Waals surface area contributed by atoms with Gasteiger partial charge in [-0.2, -0.15) is 9.97 Å². The molecule has 1 aromatic carbocycles. The molecule has 1 amide bonds. The van der Waals surface area contributed by atoms with Crippen LogP contribution in [-0.2, 0) is 15.9 Å². The summed E-state index contributed by atoms with van der Waals surface area (Å²) in [7, 11) is 0. The lowest BCUT2D eigenvalue weighted by Gasteiger charge is -2.35. The number of benzene rings is 1. The van der Waals surface area contributed by atoms with Gasteiger partial charge < -0.3 is 19.1 Å². The van der Waals surface area contributed by atoms with Gasteiger partial charge in [0.15, 0.2) is 5.13 Å². The molecule has 0 saturated carbocycles. The third-order valence-electron chi connectivity index (χ3n) is 5.07. The summed E-state index contributed by atoms with van der Waals surface area (Å²) in [6.45, 7) is 7.64. The number of hydrogen-bond acceptors (Lipinski definition) is 8. The van der Waals surface area contributed by atoms with E-state index in [0.29, 0.717) is 53.1 Å². The van der Waals surface area contributed by atoms with Crippen LogP contribution in [0.3, 0.4) is 0 Å². The number of carbonyl (C=O) groups is 1. The first-order valence-corrected chi connectivity index (χ1v) is 13.2. The number of anilines is 1. The Morgan fingerprint density at radius 1 is 1.15 bits per heavy atom. The normalized spacial score (nSPS) is 15.4. The molecule has 1 aliphatic rings. The Hall–Kier alpha value is -2.76. The largest absolute Gasteiger partial charge is 0.609 e. The van der Waals surface area contributed by atoms with E-state index >= 15 is 0 Å². The molecule has 1 fully saturated rings. The fourth-order valence-corrected chi connectivity index (χ4v) is 5.00. The Morgan fingerprint density at radius 3 is 2.50 bits per heavy atom. The van der Waals surface area contributed by atoms with Gasteiger partial charge in [0, 0.05) is 49.1 Å². The maximum absolute atomic E-state index is 14.7. The summed E-state index contributed by atoms with van der Waals surface area (Å²) < 4.78 is 32.1. The minimum Gasteiger partial charge on any atom is -0.609 e. The molecule has 2 aromatic heterocycles. The quantitative estimate of drug-likeness (QED) is 0.389. The van der Waals surface area contributed by atoms with Gasteiger partial charge in [0.1, 0.15) is 17.7 Å². The Morgan fingerprint density at radius 2 is 1.85 bits per heavy atom. The van der Waals surface area contributed by atoms with Gasteiger partial charge in [0.2, 0.25) is 0 Å². The van der Waals surface area contributed by atoms with Gasteiger partial charge in [-0.3, -0.25) is 0 Å². The van der Waals surface area contributed by atoms with Crippen molar-refractivity contribution in [2.45, 2.75) is 31.5 Å². The van der Waals surface area contributed by atoms with Crippen LogP contribution in [0, 0.1) is 5.82 Å². The van der Waals surface area contributed by atoms with E-state index in [-0.39, 0.29) is 17.1 Å². The molecule has 0 spiro atoms. The molecule has 0 aliphatic carbocycles. The number of carbonyl (C=O) groups excluding carboxylic acids is 1. The summed E-state index contributed by atoms with van der Waals surface area (Å²) in [5.41, 5.74) is 0.824. The lowest BCUT2D eigenvalue weighted by Crippen LogP contribution is -2.50. The molecule has 3 heterocycles. The van der Waals surface area contributed by atoms with Crippen molar-refractivity contribution in [1.82, 2.24) is 19.9 Å². The molecule has 8 nitrogen and oxygen atoms in total. The summed E-state index contributed by atoms with van der Waals surface area (Å²) >= 11 is 0.0331. The zero-order valence-corrected chi connectivity index (χ0v) is 21.1. The first-order chi connectivity index (χ1) is 16.1. The number of ether oxygens (including phenoxy) is 1. The second-order valence-electron chi connectivity index (χ2n) is 8.79. The van der Waals surface area contributed by atoms with Crippen molar-refractivity contribution >= 4 is 33.7 Å². The Bertz CT molecular complexity index is 1170. The molecule has 0 bridgehead atoms. The lowest BCUT2D eigenvalue weighted by atomic mass is 10.1. The maximum Gasteiger partial charge on any atom is 0.410 e. The van der Waals surface area contributed by atoms with E-state index in [2.05, 4.69) is 14.9 Å². The second kappa shape index (κ2) is 9.85. The summed E-state index contributed by atoms with van der Waals surface area (Å²) in [5, 5.41) is 0.910.